The number of fused-ring (bicyclic) bond motifs is 1. The Bertz CT molecular complexity index is 766. The first-order valence-electron chi connectivity index (χ1n) is 6.57. The van der Waals surface area contributed by atoms with E-state index in [0.717, 1.165) is 34.2 Å². The molecule has 21 heavy (non-hydrogen) atoms. The molecule has 0 atom stereocenters. The van der Waals surface area contributed by atoms with Crippen LogP contribution in [0.2, 0.25) is 10.0 Å². The molecule has 0 aliphatic carbocycles. The Hall–Kier alpha value is -1.16. The van der Waals surface area contributed by atoms with E-state index < -0.39 is 0 Å². The fraction of sp³-hybridized carbons (Fsp3) is 0.125. The Labute approximate surface area is 141 Å². The summed E-state index contributed by atoms with van der Waals surface area (Å²) in [5.74, 6) is 0. The SMILES string of the molecule is Clc1cc(Cl)c2ccn(CCNc3ccc(Br)cc3)c2c1. The summed E-state index contributed by atoms with van der Waals surface area (Å²) in [6, 6.07) is 13.9. The highest BCUT2D eigenvalue weighted by Crippen LogP contribution is 2.28. The van der Waals surface area contributed by atoms with Crippen LogP contribution in [0.1, 0.15) is 0 Å². The summed E-state index contributed by atoms with van der Waals surface area (Å²) in [5.41, 5.74) is 2.16. The topological polar surface area (TPSA) is 17.0 Å². The molecule has 0 saturated heterocycles. The van der Waals surface area contributed by atoms with Gasteiger partial charge in [-0.05, 0) is 42.5 Å². The van der Waals surface area contributed by atoms with E-state index in [9.17, 15) is 0 Å². The van der Waals surface area contributed by atoms with Crippen LogP contribution in [-0.4, -0.2) is 11.1 Å². The number of nitrogens with zero attached hydrogens (tertiary/aromatic N) is 1. The lowest BCUT2D eigenvalue weighted by atomic mass is 10.2. The Morgan fingerprint density at radius 3 is 2.57 bits per heavy atom. The molecule has 3 aromatic rings. The van der Waals surface area contributed by atoms with Gasteiger partial charge >= 0.3 is 0 Å². The lowest BCUT2D eigenvalue weighted by molar-refractivity contribution is 0.757. The van der Waals surface area contributed by atoms with Crippen molar-refractivity contribution in [3.05, 3.63) is 63.2 Å². The maximum atomic E-state index is 6.20. The zero-order valence-electron chi connectivity index (χ0n) is 11.1. The number of rotatable bonds is 4. The van der Waals surface area contributed by atoms with E-state index >= 15 is 0 Å². The van der Waals surface area contributed by atoms with E-state index in [-0.39, 0.29) is 0 Å². The van der Waals surface area contributed by atoms with Crippen LogP contribution in [0.4, 0.5) is 5.69 Å². The van der Waals surface area contributed by atoms with E-state index in [4.69, 9.17) is 23.2 Å². The van der Waals surface area contributed by atoms with Crippen LogP contribution >= 0.6 is 39.1 Å². The van der Waals surface area contributed by atoms with Crippen molar-refractivity contribution < 1.29 is 0 Å². The van der Waals surface area contributed by atoms with E-state index in [1.807, 2.05) is 42.6 Å². The minimum atomic E-state index is 0.660. The standard InChI is InChI=1S/C16H13BrCl2N2/c17-11-1-3-13(4-2-11)20-6-8-21-7-5-14-15(19)9-12(18)10-16(14)21/h1-5,7,9-10,20H,6,8H2. The molecule has 1 heterocycles. The highest BCUT2D eigenvalue weighted by molar-refractivity contribution is 9.10. The molecule has 0 aliphatic heterocycles. The third kappa shape index (κ3) is 3.37. The van der Waals surface area contributed by atoms with Gasteiger partial charge in [0.05, 0.1) is 10.5 Å². The van der Waals surface area contributed by atoms with Crippen LogP contribution in [0, 0.1) is 0 Å². The summed E-state index contributed by atoms with van der Waals surface area (Å²) in [5, 5.41) is 5.78. The molecule has 0 spiro atoms. The van der Waals surface area contributed by atoms with Crippen molar-refractivity contribution >= 4 is 55.7 Å². The van der Waals surface area contributed by atoms with Crippen molar-refractivity contribution in [2.75, 3.05) is 11.9 Å². The normalized spacial score (nSPS) is 11.0. The summed E-state index contributed by atoms with van der Waals surface area (Å²) in [7, 11) is 0. The predicted octanol–water partition coefficient (Wildman–Crippen LogP) is 5.82. The minimum absolute atomic E-state index is 0.660. The Balaban J connectivity index is 1.72. The van der Waals surface area contributed by atoms with Crippen molar-refractivity contribution in [1.29, 1.82) is 0 Å². The molecule has 1 aromatic heterocycles. The summed E-state index contributed by atoms with van der Waals surface area (Å²) in [6.07, 6.45) is 2.04. The molecule has 0 unspecified atom stereocenters. The van der Waals surface area contributed by atoms with Crippen LogP contribution in [0.3, 0.4) is 0 Å². The summed E-state index contributed by atoms with van der Waals surface area (Å²) < 4.78 is 3.23. The molecule has 1 N–H and O–H groups in total. The van der Waals surface area contributed by atoms with Crippen molar-refractivity contribution in [2.45, 2.75) is 6.54 Å². The van der Waals surface area contributed by atoms with Gasteiger partial charge in [0, 0.05) is 39.9 Å². The van der Waals surface area contributed by atoms with Gasteiger partial charge < -0.3 is 9.88 Å². The maximum Gasteiger partial charge on any atom is 0.0514 e. The second-order valence-electron chi connectivity index (χ2n) is 4.76. The first kappa shape index (κ1) is 14.8. The second-order valence-corrected chi connectivity index (χ2v) is 6.52. The van der Waals surface area contributed by atoms with Gasteiger partial charge in [0.2, 0.25) is 0 Å². The molecule has 0 fully saturated rings. The van der Waals surface area contributed by atoms with Crippen molar-refractivity contribution in [3.8, 4) is 0 Å². The fourth-order valence-corrected chi connectivity index (χ4v) is 3.11. The maximum absolute atomic E-state index is 6.20. The van der Waals surface area contributed by atoms with Gasteiger partial charge in [-0.3, -0.25) is 0 Å². The molecular formula is C16H13BrCl2N2. The number of aromatic nitrogens is 1. The first-order chi connectivity index (χ1) is 10.1. The number of hydrogen-bond donors (Lipinski definition) is 1. The average molecular weight is 384 g/mol. The minimum Gasteiger partial charge on any atom is -0.383 e. The third-order valence-electron chi connectivity index (χ3n) is 3.33. The van der Waals surface area contributed by atoms with Gasteiger partial charge in [0.25, 0.3) is 0 Å². The van der Waals surface area contributed by atoms with Gasteiger partial charge in [-0.1, -0.05) is 39.1 Å². The molecule has 2 nitrogen and oxygen atoms in total. The van der Waals surface area contributed by atoms with E-state index in [1.54, 1.807) is 6.07 Å². The molecule has 0 bridgehead atoms. The van der Waals surface area contributed by atoms with Gasteiger partial charge in [0.1, 0.15) is 0 Å². The number of nitrogens with one attached hydrogen (secondary N) is 1. The van der Waals surface area contributed by atoms with Crippen LogP contribution in [-0.2, 0) is 6.54 Å². The van der Waals surface area contributed by atoms with Gasteiger partial charge in [-0.2, -0.15) is 0 Å². The molecule has 5 heteroatoms. The third-order valence-corrected chi connectivity index (χ3v) is 4.39. The molecule has 0 radical (unpaired) electrons. The summed E-state index contributed by atoms with van der Waals surface area (Å²) in [6.45, 7) is 1.67. The highest BCUT2D eigenvalue weighted by atomic mass is 79.9. The second kappa shape index (κ2) is 6.30. The number of hydrogen-bond acceptors (Lipinski definition) is 1. The quantitative estimate of drug-likeness (QED) is 0.600. The van der Waals surface area contributed by atoms with E-state index in [0.29, 0.717) is 10.0 Å². The summed E-state index contributed by atoms with van der Waals surface area (Å²) in [4.78, 5) is 0. The summed E-state index contributed by atoms with van der Waals surface area (Å²) >= 11 is 15.7. The fourth-order valence-electron chi connectivity index (χ4n) is 2.30. The smallest absolute Gasteiger partial charge is 0.0514 e. The molecular weight excluding hydrogens is 371 g/mol. The lowest BCUT2D eigenvalue weighted by Gasteiger charge is -2.09. The predicted molar refractivity (Wildman–Crippen MR) is 94.6 cm³/mol. The van der Waals surface area contributed by atoms with E-state index in [1.165, 1.54) is 0 Å². The lowest BCUT2D eigenvalue weighted by Crippen LogP contribution is -2.09. The molecule has 0 amide bonds. The van der Waals surface area contributed by atoms with Crippen molar-refractivity contribution in [3.63, 3.8) is 0 Å². The van der Waals surface area contributed by atoms with Crippen molar-refractivity contribution in [2.24, 2.45) is 0 Å². The van der Waals surface area contributed by atoms with Crippen LogP contribution in [0.5, 0.6) is 0 Å². The van der Waals surface area contributed by atoms with Crippen LogP contribution in [0.25, 0.3) is 10.9 Å². The Morgan fingerprint density at radius 2 is 1.81 bits per heavy atom. The molecule has 3 rings (SSSR count). The molecule has 0 aliphatic rings. The van der Waals surface area contributed by atoms with Crippen molar-refractivity contribution in [1.82, 2.24) is 4.57 Å². The number of benzene rings is 2. The van der Waals surface area contributed by atoms with Crippen LogP contribution in [0.15, 0.2) is 53.1 Å². The first-order valence-corrected chi connectivity index (χ1v) is 8.12. The van der Waals surface area contributed by atoms with E-state index in [2.05, 4.69) is 25.8 Å². The molecule has 2 aromatic carbocycles. The number of anilines is 1. The molecule has 108 valence electrons. The Kier molecular flexibility index (Phi) is 4.43. The molecule has 0 saturated carbocycles. The zero-order valence-corrected chi connectivity index (χ0v) is 14.2. The monoisotopic (exact) mass is 382 g/mol. The zero-order chi connectivity index (χ0) is 14.8. The van der Waals surface area contributed by atoms with Gasteiger partial charge in [-0.25, -0.2) is 0 Å². The Morgan fingerprint density at radius 1 is 1.05 bits per heavy atom. The van der Waals surface area contributed by atoms with Gasteiger partial charge in [0.15, 0.2) is 0 Å². The van der Waals surface area contributed by atoms with Crippen LogP contribution < -0.4 is 5.32 Å². The van der Waals surface area contributed by atoms with Gasteiger partial charge in [-0.15, -0.1) is 0 Å². The average Bonchev–Trinajstić information content (AvgIpc) is 2.84. The number of halogens is 3. The highest BCUT2D eigenvalue weighted by Gasteiger charge is 2.06. The largest absolute Gasteiger partial charge is 0.383 e.